The third kappa shape index (κ3) is 3.31. The largest absolute Gasteiger partial charge is 0.392 e. The summed E-state index contributed by atoms with van der Waals surface area (Å²) >= 11 is 0. The molecule has 1 fully saturated rings. The van der Waals surface area contributed by atoms with E-state index < -0.39 is 0 Å². The number of aliphatic hydroxyl groups is 1. The molecule has 0 aliphatic carbocycles. The molecule has 0 atom stereocenters. The number of hydrogen-bond acceptors (Lipinski definition) is 3. The highest BCUT2D eigenvalue weighted by molar-refractivity contribution is 5.60. The monoisotopic (exact) mass is 282 g/mol. The molecule has 0 amide bonds. The number of rotatable bonds is 3. The third-order valence-corrected chi connectivity index (χ3v) is 4.41. The predicted molar refractivity (Wildman–Crippen MR) is 85.1 cm³/mol. The van der Waals surface area contributed by atoms with Crippen molar-refractivity contribution < 1.29 is 5.11 Å². The highest BCUT2D eigenvalue weighted by atomic mass is 16.3. The number of nitrogens with zero attached hydrogens (tertiary/aromatic N) is 2. The summed E-state index contributed by atoms with van der Waals surface area (Å²) in [5.74, 6) is 0.652. The average molecular weight is 282 g/mol. The Hall–Kier alpha value is -1.71. The molecule has 0 spiro atoms. The first-order valence-electron chi connectivity index (χ1n) is 7.61. The van der Waals surface area contributed by atoms with Crippen LogP contribution in [-0.2, 0) is 6.61 Å². The minimum atomic E-state index is 0.0866. The Morgan fingerprint density at radius 1 is 1.14 bits per heavy atom. The molecular formula is C18H22N2O. The van der Waals surface area contributed by atoms with Crippen molar-refractivity contribution in [1.82, 2.24) is 9.88 Å². The van der Waals surface area contributed by atoms with Crippen molar-refractivity contribution in [2.24, 2.45) is 0 Å². The molecular weight excluding hydrogens is 260 g/mol. The van der Waals surface area contributed by atoms with E-state index in [-0.39, 0.29) is 6.61 Å². The third-order valence-electron chi connectivity index (χ3n) is 4.41. The number of aliphatic hydroxyl groups excluding tert-OH is 1. The molecule has 0 saturated carbocycles. The van der Waals surface area contributed by atoms with E-state index in [1.807, 2.05) is 30.5 Å². The van der Waals surface area contributed by atoms with Gasteiger partial charge in [-0.15, -0.1) is 0 Å². The summed E-state index contributed by atoms with van der Waals surface area (Å²) in [7, 11) is 2.19. The van der Waals surface area contributed by atoms with Crippen LogP contribution in [-0.4, -0.2) is 35.1 Å². The summed E-state index contributed by atoms with van der Waals surface area (Å²) in [4.78, 5) is 6.90. The molecule has 1 aliphatic heterocycles. The predicted octanol–water partition coefficient (Wildman–Crippen LogP) is 3.05. The van der Waals surface area contributed by atoms with Gasteiger partial charge < -0.3 is 10.0 Å². The number of piperidine rings is 1. The highest BCUT2D eigenvalue weighted by Crippen LogP contribution is 2.29. The van der Waals surface area contributed by atoms with E-state index in [1.165, 1.54) is 31.5 Å². The zero-order chi connectivity index (χ0) is 14.7. The molecule has 21 heavy (non-hydrogen) atoms. The molecule has 1 aromatic carbocycles. The Balaban J connectivity index is 1.82. The molecule has 3 nitrogen and oxygen atoms in total. The number of aromatic nitrogens is 1. The summed E-state index contributed by atoms with van der Waals surface area (Å²) in [5, 5.41) is 9.12. The van der Waals surface area contributed by atoms with Gasteiger partial charge in [0.15, 0.2) is 0 Å². The lowest BCUT2D eigenvalue weighted by Crippen LogP contribution is -2.29. The van der Waals surface area contributed by atoms with Crippen LogP contribution < -0.4 is 0 Å². The molecule has 1 N–H and O–H groups in total. The summed E-state index contributed by atoms with van der Waals surface area (Å²) in [5.41, 5.74) is 4.47. The van der Waals surface area contributed by atoms with Gasteiger partial charge in [0, 0.05) is 11.8 Å². The molecule has 1 aromatic heterocycles. The molecule has 3 rings (SSSR count). The zero-order valence-corrected chi connectivity index (χ0v) is 12.5. The van der Waals surface area contributed by atoms with E-state index in [0.717, 1.165) is 16.8 Å². The summed E-state index contributed by atoms with van der Waals surface area (Å²) in [6.07, 6.45) is 4.37. The van der Waals surface area contributed by atoms with Gasteiger partial charge in [0.2, 0.25) is 0 Å². The van der Waals surface area contributed by atoms with Crippen LogP contribution in [0, 0.1) is 0 Å². The fourth-order valence-corrected chi connectivity index (χ4v) is 2.98. The van der Waals surface area contributed by atoms with Gasteiger partial charge in [-0.2, -0.15) is 0 Å². The highest BCUT2D eigenvalue weighted by Gasteiger charge is 2.18. The fourth-order valence-electron chi connectivity index (χ4n) is 2.98. The average Bonchev–Trinajstić information content (AvgIpc) is 2.56. The van der Waals surface area contributed by atoms with Crippen molar-refractivity contribution >= 4 is 0 Å². The van der Waals surface area contributed by atoms with E-state index in [0.29, 0.717) is 5.92 Å². The van der Waals surface area contributed by atoms with E-state index in [4.69, 9.17) is 5.11 Å². The SMILES string of the molecule is CN1CCC(c2ccnc(-c3ccc(CO)cc3)c2)CC1. The van der Waals surface area contributed by atoms with Gasteiger partial charge in [0.1, 0.15) is 0 Å². The van der Waals surface area contributed by atoms with Gasteiger partial charge in [0.05, 0.1) is 12.3 Å². The van der Waals surface area contributed by atoms with Gasteiger partial charge in [-0.1, -0.05) is 24.3 Å². The van der Waals surface area contributed by atoms with Gasteiger partial charge >= 0.3 is 0 Å². The second-order valence-electron chi connectivity index (χ2n) is 5.91. The minimum absolute atomic E-state index is 0.0866. The minimum Gasteiger partial charge on any atom is -0.392 e. The smallest absolute Gasteiger partial charge is 0.0704 e. The molecule has 2 aromatic rings. The van der Waals surface area contributed by atoms with Gasteiger partial charge in [0.25, 0.3) is 0 Å². The van der Waals surface area contributed by atoms with Crippen LogP contribution in [0.2, 0.25) is 0 Å². The number of hydrogen-bond donors (Lipinski definition) is 1. The van der Waals surface area contributed by atoms with Gasteiger partial charge in [-0.25, -0.2) is 0 Å². The molecule has 1 saturated heterocycles. The van der Waals surface area contributed by atoms with Gasteiger partial charge in [-0.05, 0) is 62.2 Å². The van der Waals surface area contributed by atoms with Crippen molar-refractivity contribution in [2.45, 2.75) is 25.4 Å². The van der Waals surface area contributed by atoms with E-state index >= 15 is 0 Å². The summed E-state index contributed by atoms with van der Waals surface area (Å²) in [6.45, 7) is 2.43. The maximum absolute atomic E-state index is 9.12. The maximum atomic E-state index is 9.12. The quantitative estimate of drug-likeness (QED) is 0.940. The molecule has 0 radical (unpaired) electrons. The Bertz CT molecular complexity index is 586. The lowest BCUT2D eigenvalue weighted by molar-refractivity contribution is 0.255. The second kappa shape index (κ2) is 6.37. The topological polar surface area (TPSA) is 36.4 Å². The van der Waals surface area contributed by atoms with Crippen molar-refractivity contribution in [1.29, 1.82) is 0 Å². The summed E-state index contributed by atoms with van der Waals surface area (Å²) < 4.78 is 0. The van der Waals surface area contributed by atoms with E-state index in [1.54, 1.807) is 0 Å². The van der Waals surface area contributed by atoms with E-state index in [9.17, 15) is 0 Å². The van der Waals surface area contributed by atoms with Crippen LogP contribution in [0.1, 0.15) is 29.9 Å². The summed E-state index contributed by atoms with van der Waals surface area (Å²) in [6, 6.07) is 12.4. The Labute approximate surface area is 126 Å². The number of likely N-dealkylation sites (tertiary alicyclic amines) is 1. The first-order valence-corrected chi connectivity index (χ1v) is 7.61. The van der Waals surface area contributed by atoms with E-state index in [2.05, 4.69) is 29.1 Å². The fraction of sp³-hybridized carbons (Fsp3) is 0.389. The second-order valence-corrected chi connectivity index (χ2v) is 5.91. The lowest BCUT2D eigenvalue weighted by atomic mass is 9.89. The van der Waals surface area contributed by atoms with Crippen molar-refractivity contribution in [3.8, 4) is 11.3 Å². The number of benzene rings is 1. The first-order chi connectivity index (χ1) is 10.3. The Morgan fingerprint density at radius 3 is 2.52 bits per heavy atom. The molecule has 0 unspecified atom stereocenters. The van der Waals surface area contributed by atoms with Crippen LogP contribution in [0.3, 0.4) is 0 Å². The van der Waals surface area contributed by atoms with Crippen LogP contribution in [0.25, 0.3) is 11.3 Å². The molecule has 3 heteroatoms. The van der Waals surface area contributed by atoms with Crippen molar-refractivity contribution in [2.75, 3.05) is 20.1 Å². The van der Waals surface area contributed by atoms with Crippen molar-refractivity contribution in [3.05, 3.63) is 53.7 Å². The molecule has 0 bridgehead atoms. The first kappa shape index (κ1) is 14.2. The Morgan fingerprint density at radius 2 is 1.86 bits per heavy atom. The van der Waals surface area contributed by atoms with Crippen LogP contribution in [0.5, 0.6) is 0 Å². The van der Waals surface area contributed by atoms with Crippen LogP contribution in [0.15, 0.2) is 42.6 Å². The van der Waals surface area contributed by atoms with Crippen molar-refractivity contribution in [3.63, 3.8) is 0 Å². The maximum Gasteiger partial charge on any atom is 0.0704 e. The van der Waals surface area contributed by atoms with Crippen LogP contribution in [0.4, 0.5) is 0 Å². The number of pyridine rings is 1. The lowest BCUT2D eigenvalue weighted by Gasteiger charge is -2.29. The normalized spacial score (nSPS) is 17.0. The molecule has 110 valence electrons. The standard InChI is InChI=1S/C18H22N2O/c1-20-10-7-15(8-11-20)17-6-9-19-18(12-17)16-4-2-14(13-21)3-5-16/h2-6,9,12,15,21H,7-8,10-11,13H2,1H3. The van der Waals surface area contributed by atoms with Gasteiger partial charge in [-0.3, -0.25) is 4.98 Å². The molecule has 1 aliphatic rings. The van der Waals surface area contributed by atoms with Crippen LogP contribution >= 0.6 is 0 Å². The Kier molecular flexibility index (Phi) is 4.32. The zero-order valence-electron chi connectivity index (χ0n) is 12.5. The molecule has 2 heterocycles.